The van der Waals surface area contributed by atoms with Gasteiger partial charge in [0.1, 0.15) is 16.9 Å². The molecule has 3 rings (SSSR count). The minimum absolute atomic E-state index is 0.297. The minimum Gasteiger partial charge on any atom is -0.468 e. The van der Waals surface area contributed by atoms with Crippen molar-refractivity contribution in [2.24, 2.45) is 0 Å². The molecule has 2 heterocycles. The van der Waals surface area contributed by atoms with Gasteiger partial charge in [-0.1, -0.05) is 5.16 Å². The summed E-state index contributed by atoms with van der Waals surface area (Å²) >= 11 is 0. The van der Waals surface area contributed by atoms with E-state index in [4.69, 9.17) is 9.26 Å². The van der Waals surface area contributed by atoms with Crippen LogP contribution < -0.4 is 0 Å². The van der Waals surface area contributed by atoms with Crippen LogP contribution in [-0.2, 0) is 14.9 Å². The first kappa shape index (κ1) is 11.8. The molecule has 0 bridgehead atoms. The summed E-state index contributed by atoms with van der Waals surface area (Å²) in [6.07, 6.45) is 2.97. The number of nitrogens with zero attached hydrogens (tertiary/aromatic N) is 4. The number of aryl methyl sites for hydroxylation is 1. The molecule has 19 heavy (non-hydrogen) atoms. The van der Waals surface area contributed by atoms with Crippen molar-refractivity contribution in [3.63, 3.8) is 0 Å². The third-order valence-corrected chi connectivity index (χ3v) is 3.17. The lowest BCUT2D eigenvalue weighted by Gasteiger charge is -2.05. The van der Waals surface area contributed by atoms with E-state index in [2.05, 4.69) is 20.1 Å². The maximum atomic E-state index is 11.7. The first-order chi connectivity index (χ1) is 9.15. The average Bonchev–Trinajstić information content (AvgIpc) is 3.08. The van der Waals surface area contributed by atoms with Crippen LogP contribution in [0.5, 0.6) is 0 Å². The van der Waals surface area contributed by atoms with E-state index in [1.54, 1.807) is 19.2 Å². The van der Waals surface area contributed by atoms with Crippen molar-refractivity contribution in [2.75, 3.05) is 7.11 Å². The van der Waals surface area contributed by atoms with Gasteiger partial charge in [-0.3, -0.25) is 4.79 Å². The highest BCUT2D eigenvalue weighted by molar-refractivity contribution is 5.85. The van der Waals surface area contributed by atoms with E-state index in [0.29, 0.717) is 36.1 Å². The van der Waals surface area contributed by atoms with Crippen LogP contribution in [0, 0.1) is 6.92 Å². The van der Waals surface area contributed by atoms with Gasteiger partial charge in [-0.25, -0.2) is 9.97 Å². The summed E-state index contributed by atoms with van der Waals surface area (Å²) in [4.78, 5) is 24.2. The fourth-order valence-corrected chi connectivity index (χ4v) is 1.93. The SMILES string of the molecule is COC(=O)C1(c2nc(-c3ccnc(C)n3)no2)CC1. The van der Waals surface area contributed by atoms with E-state index < -0.39 is 5.41 Å². The second kappa shape index (κ2) is 4.11. The highest BCUT2D eigenvalue weighted by Crippen LogP contribution is 2.48. The Morgan fingerprint density at radius 1 is 1.42 bits per heavy atom. The van der Waals surface area contributed by atoms with Crippen molar-refractivity contribution in [3.8, 4) is 11.5 Å². The first-order valence-electron chi connectivity index (χ1n) is 5.88. The summed E-state index contributed by atoms with van der Waals surface area (Å²) in [7, 11) is 1.35. The summed E-state index contributed by atoms with van der Waals surface area (Å²) in [6, 6.07) is 1.69. The molecule has 2 aromatic heterocycles. The minimum atomic E-state index is -0.748. The number of hydrogen-bond acceptors (Lipinski definition) is 7. The van der Waals surface area contributed by atoms with Gasteiger partial charge in [0.15, 0.2) is 0 Å². The van der Waals surface area contributed by atoms with Crippen LogP contribution in [0.15, 0.2) is 16.8 Å². The normalized spacial score (nSPS) is 16.1. The Bertz CT molecular complexity index is 633. The number of ether oxygens (including phenoxy) is 1. The molecule has 0 unspecified atom stereocenters. The molecule has 1 saturated carbocycles. The van der Waals surface area contributed by atoms with Crippen LogP contribution in [0.4, 0.5) is 0 Å². The Hall–Kier alpha value is -2.31. The van der Waals surface area contributed by atoms with Crippen molar-refractivity contribution in [1.29, 1.82) is 0 Å². The van der Waals surface area contributed by atoms with E-state index >= 15 is 0 Å². The Kier molecular flexibility index (Phi) is 2.55. The van der Waals surface area contributed by atoms with Gasteiger partial charge in [0.2, 0.25) is 11.7 Å². The lowest BCUT2D eigenvalue weighted by Crippen LogP contribution is -2.22. The molecule has 0 amide bonds. The molecule has 1 aliphatic carbocycles. The summed E-state index contributed by atoms with van der Waals surface area (Å²) < 4.78 is 9.96. The lowest BCUT2D eigenvalue weighted by molar-refractivity contribution is -0.144. The molecular weight excluding hydrogens is 248 g/mol. The molecule has 0 radical (unpaired) electrons. The predicted molar refractivity (Wildman–Crippen MR) is 63.0 cm³/mol. The molecule has 0 aliphatic heterocycles. The van der Waals surface area contributed by atoms with Crippen LogP contribution in [-0.4, -0.2) is 33.2 Å². The van der Waals surface area contributed by atoms with Crippen LogP contribution in [0.1, 0.15) is 24.6 Å². The Morgan fingerprint density at radius 2 is 2.21 bits per heavy atom. The van der Waals surface area contributed by atoms with E-state index in [1.165, 1.54) is 7.11 Å². The highest BCUT2D eigenvalue weighted by Gasteiger charge is 2.57. The van der Waals surface area contributed by atoms with E-state index in [0.717, 1.165) is 0 Å². The maximum Gasteiger partial charge on any atom is 0.321 e. The third kappa shape index (κ3) is 1.87. The molecule has 0 aromatic carbocycles. The molecule has 98 valence electrons. The van der Waals surface area contributed by atoms with Crippen molar-refractivity contribution in [2.45, 2.75) is 25.2 Å². The number of rotatable bonds is 3. The zero-order chi connectivity index (χ0) is 13.5. The third-order valence-electron chi connectivity index (χ3n) is 3.17. The van der Waals surface area contributed by atoms with Crippen LogP contribution in [0.3, 0.4) is 0 Å². The molecule has 0 N–H and O–H groups in total. The lowest BCUT2D eigenvalue weighted by atomic mass is 10.1. The molecular formula is C12H12N4O3. The first-order valence-corrected chi connectivity index (χ1v) is 5.88. The smallest absolute Gasteiger partial charge is 0.321 e. The zero-order valence-electron chi connectivity index (χ0n) is 10.6. The van der Waals surface area contributed by atoms with Crippen molar-refractivity contribution < 1.29 is 14.1 Å². The van der Waals surface area contributed by atoms with Crippen molar-refractivity contribution in [1.82, 2.24) is 20.1 Å². The number of carbonyl (C=O) groups is 1. The fraction of sp³-hybridized carbons (Fsp3) is 0.417. The van der Waals surface area contributed by atoms with Gasteiger partial charge in [0.25, 0.3) is 0 Å². The standard InChI is InChI=1S/C12H12N4O3/c1-7-13-6-3-8(14-7)9-15-10(19-16-9)12(4-5-12)11(17)18-2/h3,6H,4-5H2,1-2H3. The monoisotopic (exact) mass is 260 g/mol. The molecule has 1 aliphatic rings. The molecule has 0 saturated heterocycles. The molecule has 2 aromatic rings. The van der Waals surface area contributed by atoms with Crippen molar-refractivity contribution >= 4 is 5.97 Å². The summed E-state index contributed by atoms with van der Waals surface area (Å²) in [6.45, 7) is 1.78. The van der Waals surface area contributed by atoms with Gasteiger partial charge >= 0.3 is 5.97 Å². The van der Waals surface area contributed by atoms with E-state index in [1.807, 2.05) is 0 Å². The highest BCUT2D eigenvalue weighted by atomic mass is 16.5. The van der Waals surface area contributed by atoms with Gasteiger partial charge in [-0.2, -0.15) is 4.98 Å². The topological polar surface area (TPSA) is 91.0 Å². The van der Waals surface area contributed by atoms with Gasteiger partial charge in [-0.05, 0) is 25.8 Å². The molecule has 0 spiro atoms. The number of hydrogen-bond donors (Lipinski definition) is 0. The number of esters is 1. The summed E-state index contributed by atoms with van der Waals surface area (Å²) in [5.41, 5.74) is -0.176. The van der Waals surface area contributed by atoms with E-state index in [9.17, 15) is 4.79 Å². The Balaban J connectivity index is 1.94. The molecule has 1 fully saturated rings. The van der Waals surface area contributed by atoms with Crippen LogP contribution in [0.2, 0.25) is 0 Å². The van der Waals surface area contributed by atoms with Gasteiger partial charge in [0, 0.05) is 6.20 Å². The summed E-state index contributed by atoms with van der Waals surface area (Å²) in [5.74, 6) is 0.945. The van der Waals surface area contributed by atoms with Crippen molar-refractivity contribution in [3.05, 3.63) is 24.0 Å². The zero-order valence-corrected chi connectivity index (χ0v) is 10.6. The molecule has 0 atom stereocenters. The average molecular weight is 260 g/mol. The second-order valence-electron chi connectivity index (χ2n) is 4.49. The van der Waals surface area contributed by atoms with Gasteiger partial charge in [-0.15, -0.1) is 0 Å². The van der Waals surface area contributed by atoms with E-state index in [-0.39, 0.29) is 5.97 Å². The molecule has 7 nitrogen and oxygen atoms in total. The van der Waals surface area contributed by atoms with Gasteiger partial charge < -0.3 is 9.26 Å². The van der Waals surface area contributed by atoms with Crippen LogP contribution in [0.25, 0.3) is 11.5 Å². The van der Waals surface area contributed by atoms with Gasteiger partial charge in [0.05, 0.1) is 7.11 Å². The quantitative estimate of drug-likeness (QED) is 0.761. The largest absolute Gasteiger partial charge is 0.468 e. The Labute approximate surface area is 109 Å². The Morgan fingerprint density at radius 3 is 2.84 bits per heavy atom. The predicted octanol–water partition coefficient (Wildman–Crippen LogP) is 1.04. The number of methoxy groups -OCH3 is 1. The maximum absolute atomic E-state index is 11.7. The molecule has 7 heteroatoms. The van der Waals surface area contributed by atoms with Crippen LogP contribution >= 0.6 is 0 Å². The number of aromatic nitrogens is 4. The second-order valence-corrected chi connectivity index (χ2v) is 4.49. The summed E-state index contributed by atoms with van der Waals surface area (Å²) in [5, 5.41) is 3.87. The fourth-order valence-electron chi connectivity index (χ4n) is 1.93. The number of carbonyl (C=O) groups excluding carboxylic acids is 1.